The predicted octanol–water partition coefficient (Wildman–Crippen LogP) is 1.16. The molecule has 1 aromatic carbocycles. The SMILES string of the molecule is CC1c2cc3c(cc2C(C)C1C)[n+]([O-])n[c][n+]3[O-]. The summed E-state index contributed by atoms with van der Waals surface area (Å²) in [6.07, 6.45) is 2.13. The Kier molecular flexibility index (Phi) is 2.20. The summed E-state index contributed by atoms with van der Waals surface area (Å²) in [5, 5.41) is 26.7. The number of rotatable bonds is 0. The molecule has 1 heterocycles. The van der Waals surface area contributed by atoms with E-state index in [2.05, 4.69) is 32.2 Å². The Labute approximate surface area is 105 Å². The van der Waals surface area contributed by atoms with E-state index in [0.29, 0.717) is 38.4 Å². The van der Waals surface area contributed by atoms with Crippen molar-refractivity contribution in [2.75, 3.05) is 0 Å². The summed E-state index contributed by atoms with van der Waals surface area (Å²) in [5.74, 6) is 1.30. The van der Waals surface area contributed by atoms with Gasteiger partial charge in [0.1, 0.15) is 0 Å². The molecule has 0 bridgehead atoms. The highest BCUT2D eigenvalue weighted by atomic mass is 16.5. The van der Waals surface area contributed by atoms with Crippen LogP contribution in [0, 0.1) is 22.7 Å². The Hall–Kier alpha value is -1.91. The van der Waals surface area contributed by atoms with Crippen molar-refractivity contribution in [3.8, 4) is 0 Å². The Bertz CT molecular complexity index is 587. The Morgan fingerprint density at radius 1 is 1.06 bits per heavy atom. The molecule has 1 aliphatic rings. The first-order chi connectivity index (χ1) is 8.50. The lowest BCUT2D eigenvalue weighted by Crippen LogP contribution is -2.41. The van der Waals surface area contributed by atoms with E-state index in [9.17, 15) is 10.4 Å². The monoisotopic (exact) mass is 244 g/mol. The minimum Gasteiger partial charge on any atom is -0.710 e. The Morgan fingerprint density at radius 2 is 1.61 bits per heavy atom. The average Bonchev–Trinajstić information content (AvgIpc) is 2.58. The maximum absolute atomic E-state index is 11.6. The van der Waals surface area contributed by atoms with Crippen LogP contribution in [0.4, 0.5) is 0 Å². The van der Waals surface area contributed by atoms with Gasteiger partial charge in [-0.05, 0) is 34.9 Å². The normalized spacial score (nSPS) is 26.5. The molecule has 3 atom stereocenters. The van der Waals surface area contributed by atoms with Gasteiger partial charge in [0, 0.05) is 6.07 Å². The van der Waals surface area contributed by atoms with Crippen molar-refractivity contribution in [1.82, 2.24) is 5.10 Å². The van der Waals surface area contributed by atoms with Crippen molar-refractivity contribution >= 4 is 11.0 Å². The summed E-state index contributed by atoms with van der Waals surface area (Å²) in [5.41, 5.74) is 2.97. The topological polar surface area (TPSA) is 66.8 Å². The van der Waals surface area contributed by atoms with E-state index in [1.165, 1.54) is 0 Å². The molecular weight excluding hydrogens is 230 g/mol. The fraction of sp³-hybridized carbons (Fsp3) is 0.462. The molecule has 5 heteroatoms. The highest BCUT2D eigenvalue weighted by Gasteiger charge is 2.34. The quantitative estimate of drug-likeness (QED) is 0.516. The molecule has 2 aromatic rings. The molecule has 0 N–H and O–H groups in total. The highest BCUT2D eigenvalue weighted by Crippen LogP contribution is 2.46. The van der Waals surface area contributed by atoms with E-state index in [0.717, 1.165) is 11.1 Å². The van der Waals surface area contributed by atoms with E-state index in [1.54, 1.807) is 6.07 Å². The number of hydrogen-bond donors (Lipinski definition) is 0. The summed E-state index contributed by atoms with van der Waals surface area (Å²) in [6.45, 7) is 6.51. The minimum atomic E-state index is 0.315. The predicted molar refractivity (Wildman–Crippen MR) is 64.5 cm³/mol. The van der Waals surface area contributed by atoms with Crippen LogP contribution in [0.1, 0.15) is 43.7 Å². The summed E-state index contributed by atoms with van der Waals surface area (Å²) >= 11 is 0. The van der Waals surface area contributed by atoms with Crippen molar-refractivity contribution in [2.45, 2.75) is 32.6 Å². The van der Waals surface area contributed by atoms with Crippen LogP contribution in [0.15, 0.2) is 12.1 Å². The van der Waals surface area contributed by atoms with Crippen molar-refractivity contribution in [3.05, 3.63) is 40.0 Å². The molecule has 3 unspecified atom stereocenters. The summed E-state index contributed by atoms with van der Waals surface area (Å²) in [6, 6.07) is 3.62. The maximum atomic E-state index is 11.6. The number of aromatic nitrogens is 3. The zero-order valence-electron chi connectivity index (χ0n) is 10.5. The Balaban J connectivity index is 2.36. The number of hydrogen-bond acceptors (Lipinski definition) is 3. The zero-order valence-corrected chi connectivity index (χ0v) is 10.5. The molecule has 3 rings (SSSR count). The molecule has 0 saturated heterocycles. The molecule has 0 spiro atoms. The van der Waals surface area contributed by atoms with E-state index in [4.69, 9.17) is 0 Å². The molecule has 0 fully saturated rings. The van der Waals surface area contributed by atoms with E-state index in [-0.39, 0.29) is 0 Å². The average molecular weight is 244 g/mol. The van der Waals surface area contributed by atoms with Crippen LogP contribution in [0.25, 0.3) is 11.0 Å². The molecule has 93 valence electrons. The van der Waals surface area contributed by atoms with Crippen molar-refractivity contribution < 1.29 is 9.58 Å². The van der Waals surface area contributed by atoms with Gasteiger partial charge in [-0.15, -0.1) is 0 Å². The van der Waals surface area contributed by atoms with E-state index >= 15 is 0 Å². The Morgan fingerprint density at radius 3 is 2.22 bits per heavy atom. The number of fused-ring (bicyclic) bond motifs is 2. The first-order valence-corrected chi connectivity index (χ1v) is 6.09. The van der Waals surface area contributed by atoms with Crippen LogP contribution in [-0.2, 0) is 0 Å². The van der Waals surface area contributed by atoms with Gasteiger partial charge < -0.3 is 10.4 Å². The van der Waals surface area contributed by atoms with Gasteiger partial charge in [-0.25, -0.2) is 4.73 Å². The van der Waals surface area contributed by atoms with Gasteiger partial charge in [-0.3, -0.25) is 0 Å². The summed E-state index contributed by atoms with van der Waals surface area (Å²) in [7, 11) is 0. The number of benzene rings is 1. The minimum absolute atomic E-state index is 0.315. The molecule has 1 radical (unpaired) electrons. The van der Waals surface area contributed by atoms with Gasteiger partial charge >= 0.3 is 11.8 Å². The molecule has 0 saturated carbocycles. The molecule has 1 aliphatic carbocycles. The van der Waals surface area contributed by atoms with E-state index in [1.807, 2.05) is 6.07 Å². The first kappa shape index (κ1) is 11.2. The molecule has 5 nitrogen and oxygen atoms in total. The van der Waals surface area contributed by atoms with E-state index < -0.39 is 0 Å². The van der Waals surface area contributed by atoms with Crippen LogP contribution in [0.3, 0.4) is 0 Å². The van der Waals surface area contributed by atoms with Crippen LogP contribution >= 0.6 is 0 Å². The van der Waals surface area contributed by atoms with Gasteiger partial charge in [-0.2, -0.15) is 0 Å². The van der Waals surface area contributed by atoms with Gasteiger partial charge in [0.2, 0.25) is 5.52 Å². The van der Waals surface area contributed by atoms with Crippen LogP contribution in [-0.4, -0.2) is 5.10 Å². The van der Waals surface area contributed by atoms with Crippen LogP contribution < -0.4 is 9.58 Å². The standard InChI is InChI=1S/C13H14N3O2/c1-7-8(2)10-4-12-13(5-11(10)9(7)3)16(18)14-6-15(12)17/h4-5,7-9H,1-3H3. The molecule has 0 aliphatic heterocycles. The third-order valence-corrected chi connectivity index (χ3v) is 4.39. The first-order valence-electron chi connectivity index (χ1n) is 6.09. The molecule has 1 aromatic heterocycles. The second kappa shape index (κ2) is 3.54. The highest BCUT2D eigenvalue weighted by molar-refractivity contribution is 5.71. The smallest absolute Gasteiger partial charge is 0.502 e. The fourth-order valence-corrected chi connectivity index (χ4v) is 2.90. The fourth-order valence-electron chi connectivity index (χ4n) is 2.90. The second-order valence-electron chi connectivity index (χ2n) is 5.17. The van der Waals surface area contributed by atoms with Crippen LogP contribution in [0.5, 0.6) is 0 Å². The lowest BCUT2D eigenvalue weighted by atomic mass is 9.91. The van der Waals surface area contributed by atoms with Crippen molar-refractivity contribution in [1.29, 1.82) is 0 Å². The summed E-state index contributed by atoms with van der Waals surface area (Å²) < 4.78 is 0.532. The van der Waals surface area contributed by atoms with Gasteiger partial charge in [0.05, 0.1) is 4.85 Å². The van der Waals surface area contributed by atoms with Gasteiger partial charge in [-0.1, -0.05) is 20.8 Å². The summed E-state index contributed by atoms with van der Waals surface area (Å²) in [4.78, 5) is 0.463. The van der Waals surface area contributed by atoms with Crippen molar-refractivity contribution in [2.24, 2.45) is 5.92 Å². The van der Waals surface area contributed by atoms with Gasteiger partial charge in [0.25, 0.3) is 5.10 Å². The third-order valence-electron chi connectivity index (χ3n) is 4.39. The zero-order chi connectivity index (χ0) is 13.0. The third kappa shape index (κ3) is 1.30. The number of nitrogens with zero attached hydrogens (tertiary/aromatic N) is 3. The lowest BCUT2D eigenvalue weighted by Gasteiger charge is -2.13. The lowest BCUT2D eigenvalue weighted by molar-refractivity contribution is -0.682. The van der Waals surface area contributed by atoms with Crippen molar-refractivity contribution in [3.63, 3.8) is 0 Å². The maximum Gasteiger partial charge on any atom is 0.502 e. The molecular formula is C13H14N3O2. The second-order valence-corrected chi connectivity index (χ2v) is 5.17. The van der Waals surface area contributed by atoms with Crippen LogP contribution in [0.2, 0.25) is 0 Å². The molecule has 18 heavy (non-hydrogen) atoms. The van der Waals surface area contributed by atoms with Gasteiger partial charge in [0.15, 0.2) is 0 Å². The molecule has 0 amide bonds. The largest absolute Gasteiger partial charge is 0.710 e.